The van der Waals surface area contributed by atoms with Gasteiger partial charge in [-0.05, 0) is 66.9 Å². The van der Waals surface area contributed by atoms with Crippen molar-refractivity contribution in [2.45, 2.75) is 31.5 Å². The molecule has 0 N–H and O–H groups in total. The van der Waals surface area contributed by atoms with Gasteiger partial charge in [-0.2, -0.15) is 0 Å². The van der Waals surface area contributed by atoms with E-state index in [9.17, 15) is 0 Å². The molecule has 1 aliphatic heterocycles. The van der Waals surface area contributed by atoms with Gasteiger partial charge in [0.2, 0.25) is 0 Å². The molecule has 0 bridgehead atoms. The lowest BCUT2D eigenvalue weighted by atomic mass is 10.1. The van der Waals surface area contributed by atoms with Gasteiger partial charge in [0.15, 0.2) is 0 Å². The summed E-state index contributed by atoms with van der Waals surface area (Å²) in [4.78, 5) is 12.2. The molecular weight excluding hydrogens is 342 g/mol. The molecule has 0 atom stereocenters. The molecule has 4 rings (SSSR count). The van der Waals surface area contributed by atoms with Gasteiger partial charge in [0.05, 0.1) is 24.3 Å². The summed E-state index contributed by atoms with van der Waals surface area (Å²) in [6.07, 6.45) is 5.75. The molecule has 0 aliphatic carbocycles. The lowest BCUT2D eigenvalue weighted by molar-refractivity contribution is 0.0657. The second-order valence-electron chi connectivity index (χ2n) is 6.50. The third kappa shape index (κ3) is 3.59. The van der Waals surface area contributed by atoms with E-state index in [1.807, 2.05) is 48.6 Å². The smallest absolute Gasteiger partial charge is 0.134 e. The van der Waals surface area contributed by atoms with Crippen LogP contribution >= 0.6 is 11.8 Å². The molecular formula is C21H21N3OS. The average molecular weight is 363 g/mol. The molecule has 1 aromatic carbocycles. The molecule has 0 spiro atoms. The Morgan fingerprint density at radius 3 is 2.69 bits per heavy atom. The number of nitrogens with zero attached hydrogens (tertiary/aromatic N) is 3. The fourth-order valence-electron chi connectivity index (χ4n) is 2.93. The molecule has 0 amide bonds. The summed E-state index contributed by atoms with van der Waals surface area (Å²) in [5.74, 6) is 1.84. The quantitative estimate of drug-likeness (QED) is 0.617. The number of fused-ring (bicyclic) bond motifs is 1. The summed E-state index contributed by atoms with van der Waals surface area (Å²) in [5, 5.41) is 0. The van der Waals surface area contributed by atoms with Gasteiger partial charge in [-0.1, -0.05) is 6.07 Å². The van der Waals surface area contributed by atoms with Crippen molar-refractivity contribution < 1.29 is 4.74 Å². The maximum absolute atomic E-state index is 5.72. The zero-order chi connectivity index (χ0) is 17.9. The number of anilines is 2. The Kier molecular flexibility index (Phi) is 4.91. The minimum atomic E-state index is 0.223. The van der Waals surface area contributed by atoms with E-state index in [2.05, 4.69) is 53.0 Å². The third-order valence-electron chi connectivity index (χ3n) is 4.28. The number of hydrogen-bond acceptors (Lipinski definition) is 5. The first kappa shape index (κ1) is 17.1. The van der Waals surface area contributed by atoms with Crippen molar-refractivity contribution in [2.24, 2.45) is 0 Å². The minimum absolute atomic E-state index is 0.223. The van der Waals surface area contributed by atoms with Gasteiger partial charge in [0, 0.05) is 23.5 Å². The van der Waals surface area contributed by atoms with Crippen LogP contribution < -0.4 is 4.90 Å². The highest BCUT2D eigenvalue weighted by Crippen LogP contribution is 2.43. The molecule has 0 saturated carbocycles. The topological polar surface area (TPSA) is 38.2 Å². The molecule has 3 heterocycles. The molecule has 3 aromatic rings. The van der Waals surface area contributed by atoms with Crippen LogP contribution in [0.2, 0.25) is 0 Å². The predicted molar refractivity (Wildman–Crippen MR) is 107 cm³/mol. The van der Waals surface area contributed by atoms with Crippen LogP contribution in [0, 0.1) is 0 Å². The van der Waals surface area contributed by atoms with E-state index in [0.29, 0.717) is 6.61 Å². The van der Waals surface area contributed by atoms with Crippen LogP contribution in [0.25, 0.3) is 11.1 Å². The zero-order valence-electron chi connectivity index (χ0n) is 14.9. The van der Waals surface area contributed by atoms with Gasteiger partial charge in [0.1, 0.15) is 5.82 Å². The van der Waals surface area contributed by atoms with Crippen molar-refractivity contribution in [1.29, 1.82) is 0 Å². The summed E-state index contributed by atoms with van der Waals surface area (Å²) in [6.45, 7) is 4.72. The van der Waals surface area contributed by atoms with Gasteiger partial charge in [-0.3, -0.25) is 4.98 Å². The Hall–Kier alpha value is -2.37. The van der Waals surface area contributed by atoms with E-state index in [0.717, 1.165) is 17.3 Å². The number of benzene rings is 1. The number of ether oxygens (including phenoxy) is 1. The number of aromatic nitrogens is 2. The lowest BCUT2D eigenvalue weighted by Gasteiger charge is -2.18. The number of thioether (sulfide) groups is 1. The molecule has 0 saturated heterocycles. The Morgan fingerprint density at radius 2 is 1.88 bits per heavy atom. The normalized spacial score (nSPS) is 13.3. The molecule has 0 radical (unpaired) electrons. The van der Waals surface area contributed by atoms with Crippen LogP contribution in [0.5, 0.6) is 0 Å². The Bertz CT molecular complexity index is 899. The van der Waals surface area contributed by atoms with E-state index in [4.69, 9.17) is 4.74 Å². The van der Waals surface area contributed by atoms with E-state index in [1.165, 1.54) is 21.7 Å². The van der Waals surface area contributed by atoms with Crippen molar-refractivity contribution >= 4 is 23.3 Å². The predicted octanol–water partition coefficient (Wildman–Crippen LogP) is 5.27. The average Bonchev–Trinajstić information content (AvgIpc) is 3.10. The summed E-state index contributed by atoms with van der Waals surface area (Å²) in [6, 6.07) is 14.8. The molecule has 0 fully saturated rings. The highest BCUT2D eigenvalue weighted by atomic mass is 32.2. The van der Waals surface area contributed by atoms with Crippen LogP contribution in [-0.2, 0) is 11.3 Å². The third-order valence-corrected chi connectivity index (χ3v) is 5.31. The van der Waals surface area contributed by atoms with Crippen molar-refractivity contribution in [3.8, 4) is 11.1 Å². The minimum Gasteiger partial charge on any atom is -0.374 e. The first-order valence-electron chi connectivity index (χ1n) is 8.72. The molecule has 132 valence electrons. The Balaban J connectivity index is 1.59. The molecule has 0 unspecified atom stereocenters. The van der Waals surface area contributed by atoms with E-state index < -0.39 is 0 Å². The van der Waals surface area contributed by atoms with Crippen LogP contribution in [0.3, 0.4) is 0 Å². The number of hydrogen-bond donors (Lipinski definition) is 0. The van der Waals surface area contributed by atoms with Gasteiger partial charge in [0.25, 0.3) is 0 Å². The van der Waals surface area contributed by atoms with E-state index in [1.54, 1.807) is 0 Å². The van der Waals surface area contributed by atoms with Crippen molar-refractivity contribution in [2.75, 3.05) is 10.8 Å². The standard InChI is InChI=1S/C21H21N3OS/c1-15(2)25-13-16-5-10-23-21(11-16)24-14-26-20-12-18(3-4-19(20)24)17-6-8-22-9-7-17/h3-12,15H,13-14H2,1-2H3. The second-order valence-corrected chi connectivity index (χ2v) is 7.49. The molecule has 5 heteroatoms. The fourth-order valence-corrected chi connectivity index (χ4v) is 4.01. The maximum atomic E-state index is 5.72. The SMILES string of the molecule is CC(C)OCc1ccnc(N2CSc3cc(-c4ccncc4)ccc32)c1. The summed E-state index contributed by atoms with van der Waals surface area (Å²) >= 11 is 1.84. The van der Waals surface area contributed by atoms with Gasteiger partial charge >= 0.3 is 0 Å². The molecule has 2 aromatic heterocycles. The molecule has 4 nitrogen and oxygen atoms in total. The van der Waals surface area contributed by atoms with Crippen molar-refractivity contribution in [3.05, 3.63) is 66.6 Å². The number of pyridine rings is 2. The van der Waals surface area contributed by atoms with Gasteiger partial charge in [-0.25, -0.2) is 4.98 Å². The largest absolute Gasteiger partial charge is 0.374 e. The van der Waals surface area contributed by atoms with Crippen LogP contribution in [-0.4, -0.2) is 21.9 Å². The second kappa shape index (κ2) is 7.48. The first-order chi connectivity index (χ1) is 12.7. The Morgan fingerprint density at radius 1 is 1.04 bits per heavy atom. The highest BCUT2D eigenvalue weighted by Gasteiger charge is 2.22. The van der Waals surface area contributed by atoms with Crippen molar-refractivity contribution in [3.63, 3.8) is 0 Å². The molecule has 1 aliphatic rings. The van der Waals surface area contributed by atoms with Crippen LogP contribution in [0.15, 0.2) is 66.0 Å². The summed E-state index contributed by atoms with van der Waals surface area (Å²) in [7, 11) is 0. The lowest BCUT2D eigenvalue weighted by Crippen LogP contribution is -2.13. The monoisotopic (exact) mass is 363 g/mol. The zero-order valence-corrected chi connectivity index (χ0v) is 15.7. The van der Waals surface area contributed by atoms with Crippen LogP contribution in [0.1, 0.15) is 19.4 Å². The van der Waals surface area contributed by atoms with Gasteiger partial charge < -0.3 is 9.64 Å². The molecule has 26 heavy (non-hydrogen) atoms. The summed E-state index contributed by atoms with van der Waals surface area (Å²) in [5.41, 5.74) is 4.76. The van der Waals surface area contributed by atoms with E-state index >= 15 is 0 Å². The number of rotatable bonds is 5. The summed E-state index contributed by atoms with van der Waals surface area (Å²) < 4.78 is 5.72. The fraction of sp³-hybridized carbons (Fsp3) is 0.238. The highest BCUT2D eigenvalue weighted by molar-refractivity contribution is 7.99. The first-order valence-corrected chi connectivity index (χ1v) is 9.70. The Labute approximate surface area is 158 Å². The van der Waals surface area contributed by atoms with E-state index in [-0.39, 0.29) is 6.10 Å². The van der Waals surface area contributed by atoms with Crippen LogP contribution in [0.4, 0.5) is 11.5 Å². The van der Waals surface area contributed by atoms with Gasteiger partial charge in [-0.15, -0.1) is 11.8 Å². The van der Waals surface area contributed by atoms with Crippen molar-refractivity contribution in [1.82, 2.24) is 9.97 Å². The maximum Gasteiger partial charge on any atom is 0.134 e.